The summed E-state index contributed by atoms with van der Waals surface area (Å²) < 4.78 is 27.0. The fraction of sp³-hybridized carbons (Fsp3) is 0.364. The fourth-order valence-electron chi connectivity index (χ4n) is 1.83. The molecule has 0 aliphatic heterocycles. The Kier molecular flexibility index (Phi) is 3.56. The highest BCUT2D eigenvalue weighted by atomic mass is 32.2. The van der Waals surface area contributed by atoms with Crippen LogP contribution in [0.25, 0.3) is 11.0 Å². The van der Waals surface area contributed by atoms with Gasteiger partial charge in [-0.2, -0.15) is 0 Å². The van der Waals surface area contributed by atoms with Gasteiger partial charge in [0, 0.05) is 13.1 Å². The third-order valence-corrected chi connectivity index (χ3v) is 3.68. The van der Waals surface area contributed by atoms with E-state index >= 15 is 0 Å². The molecule has 1 heterocycles. The summed E-state index contributed by atoms with van der Waals surface area (Å²) >= 11 is 5.23. The zero-order valence-electron chi connectivity index (χ0n) is 10.2. The summed E-state index contributed by atoms with van der Waals surface area (Å²) in [4.78, 5) is 3.10. The molecule has 0 atom stereocenters. The predicted octanol–water partition coefficient (Wildman–Crippen LogP) is 1.56. The lowest BCUT2D eigenvalue weighted by Crippen LogP contribution is -2.26. The normalized spacial score (nSPS) is 12.1. The molecule has 0 unspecified atom stereocenters. The van der Waals surface area contributed by atoms with Gasteiger partial charge in [-0.25, -0.2) is 13.1 Å². The first-order valence-corrected chi connectivity index (χ1v) is 7.80. The van der Waals surface area contributed by atoms with Crippen LogP contribution in [0, 0.1) is 11.7 Å². The van der Waals surface area contributed by atoms with Crippen molar-refractivity contribution in [3.63, 3.8) is 0 Å². The standard InChI is InChI=1S/C11H15N3O2S2/c1-8-3-4-9-10(7-8)14(11(17)13-9)6-5-12-18(2,15)16/h3-4,7,12H,5-6H2,1-2H3,(H,13,17). The number of hydrogen-bond acceptors (Lipinski definition) is 3. The highest BCUT2D eigenvalue weighted by molar-refractivity contribution is 7.88. The number of aryl methyl sites for hydroxylation is 1. The Morgan fingerprint density at radius 3 is 2.83 bits per heavy atom. The maximum Gasteiger partial charge on any atom is 0.208 e. The molecule has 2 rings (SSSR count). The first-order valence-electron chi connectivity index (χ1n) is 5.50. The number of rotatable bonds is 4. The van der Waals surface area contributed by atoms with E-state index in [9.17, 15) is 8.42 Å². The van der Waals surface area contributed by atoms with Crippen molar-refractivity contribution in [2.75, 3.05) is 12.8 Å². The van der Waals surface area contributed by atoms with Crippen molar-refractivity contribution in [2.24, 2.45) is 0 Å². The lowest BCUT2D eigenvalue weighted by molar-refractivity contribution is 0.579. The van der Waals surface area contributed by atoms with Crippen LogP contribution in [0.15, 0.2) is 18.2 Å². The van der Waals surface area contributed by atoms with Crippen molar-refractivity contribution in [3.8, 4) is 0 Å². The highest BCUT2D eigenvalue weighted by Gasteiger charge is 2.05. The number of sulfonamides is 1. The van der Waals surface area contributed by atoms with Crippen LogP contribution >= 0.6 is 12.2 Å². The topological polar surface area (TPSA) is 66.9 Å². The lowest BCUT2D eigenvalue weighted by Gasteiger charge is -2.05. The average Bonchev–Trinajstić information content (AvgIpc) is 2.54. The number of nitrogens with zero attached hydrogens (tertiary/aromatic N) is 1. The quantitative estimate of drug-likeness (QED) is 0.838. The Hall–Kier alpha value is -1.18. The van der Waals surface area contributed by atoms with Gasteiger partial charge >= 0.3 is 0 Å². The molecular weight excluding hydrogens is 270 g/mol. The van der Waals surface area contributed by atoms with E-state index < -0.39 is 10.0 Å². The first-order chi connectivity index (χ1) is 8.37. The van der Waals surface area contributed by atoms with E-state index in [1.54, 1.807) is 0 Å². The number of benzene rings is 1. The van der Waals surface area contributed by atoms with Crippen LogP contribution in [0.5, 0.6) is 0 Å². The number of aromatic nitrogens is 2. The van der Waals surface area contributed by atoms with Crippen molar-refractivity contribution in [3.05, 3.63) is 28.5 Å². The van der Waals surface area contributed by atoms with Gasteiger partial charge in [0.15, 0.2) is 4.77 Å². The molecule has 0 spiro atoms. The Morgan fingerprint density at radius 2 is 2.17 bits per heavy atom. The van der Waals surface area contributed by atoms with E-state index in [1.807, 2.05) is 29.7 Å². The molecule has 5 nitrogen and oxygen atoms in total. The van der Waals surface area contributed by atoms with Crippen LogP contribution < -0.4 is 4.72 Å². The second kappa shape index (κ2) is 4.83. The third-order valence-electron chi connectivity index (χ3n) is 2.63. The van der Waals surface area contributed by atoms with Crippen molar-refractivity contribution >= 4 is 33.3 Å². The number of imidazole rings is 1. The van der Waals surface area contributed by atoms with Crippen molar-refractivity contribution in [1.82, 2.24) is 14.3 Å². The van der Waals surface area contributed by atoms with E-state index in [0.29, 0.717) is 17.9 Å². The molecule has 0 fully saturated rings. The summed E-state index contributed by atoms with van der Waals surface area (Å²) in [7, 11) is -3.16. The van der Waals surface area contributed by atoms with E-state index in [-0.39, 0.29) is 0 Å². The Morgan fingerprint density at radius 1 is 1.44 bits per heavy atom. The summed E-state index contributed by atoms with van der Waals surface area (Å²) in [6.07, 6.45) is 1.14. The van der Waals surface area contributed by atoms with E-state index in [0.717, 1.165) is 22.9 Å². The molecule has 98 valence electrons. The van der Waals surface area contributed by atoms with E-state index in [1.165, 1.54) is 0 Å². The van der Waals surface area contributed by atoms with Crippen molar-refractivity contribution in [2.45, 2.75) is 13.5 Å². The molecule has 2 aromatic rings. The van der Waals surface area contributed by atoms with Crippen LogP contribution in [0.4, 0.5) is 0 Å². The molecule has 0 aliphatic rings. The number of fused-ring (bicyclic) bond motifs is 1. The Balaban J connectivity index is 2.30. The molecule has 2 N–H and O–H groups in total. The summed E-state index contributed by atoms with van der Waals surface area (Å²) in [5.74, 6) is 0. The molecule has 7 heteroatoms. The van der Waals surface area contributed by atoms with Crippen LogP contribution in [-0.4, -0.2) is 30.8 Å². The zero-order valence-corrected chi connectivity index (χ0v) is 11.9. The molecule has 0 saturated heterocycles. The SMILES string of the molecule is Cc1ccc2[nH]c(=S)n(CCNS(C)(=O)=O)c2c1. The van der Waals surface area contributed by atoms with Gasteiger partial charge in [-0.1, -0.05) is 6.07 Å². The third kappa shape index (κ3) is 2.98. The number of aromatic amines is 1. The van der Waals surface area contributed by atoms with E-state index in [4.69, 9.17) is 12.2 Å². The maximum atomic E-state index is 11.0. The highest BCUT2D eigenvalue weighted by Crippen LogP contribution is 2.15. The molecule has 1 aromatic carbocycles. The van der Waals surface area contributed by atoms with E-state index in [2.05, 4.69) is 9.71 Å². The van der Waals surface area contributed by atoms with Crippen molar-refractivity contribution < 1.29 is 8.42 Å². The first kappa shape index (κ1) is 13.3. The second-order valence-electron chi connectivity index (χ2n) is 4.27. The minimum atomic E-state index is -3.16. The van der Waals surface area contributed by atoms with Crippen molar-refractivity contribution in [1.29, 1.82) is 0 Å². The van der Waals surface area contributed by atoms with Gasteiger partial charge in [0.25, 0.3) is 0 Å². The molecule has 0 aliphatic carbocycles. The van der Waals surface area contributed by atoms with Crippen LogP contribution in [0.2, 0.25) is 0 Å². The molecule has 0 radical (unpaired) electrons. The Labute approximate surface area is 111 Å². The largest absolute Gasteiger partial charge is 0.331 e. The molecule has 0 bridgehead atoms. The maximum absolute atomic E-state index is 11.0. The molecular formula is C11H15N3O2S2. The summed E-state index contributed by atoms with van der Waals surface area (Å²) in [5.41, 5.74) is 3.10. The van der Waals surface area contributed by atoms with Gasteiger partial charge in [-0.3, -0.25) is 0 Å². The monoisotopic (exact) mass is 285 g/mol. The van der Waals surface area contributed by atoms with Gasteiger partial charge in [0.1, 0.15) is 0 Å². The second-order valence-corrected chi connectivity index (χ2v) is 6.49. The smallest absolute Gasteiger partial charge is 0.208 e. The summed E-state index contributed by atoms with van der Waals surface area (Å²) in [6.45, 7) is 2.85. The molecule has 18 heavy (non-hydrogen) atoms. The lowest BCUT2D eigenvalue weighted by atomic mass is 10.2. The minimum absolute atomic E-state index is 0.327. The zero-order chi connectivity index (χ0) is 13.3. The number of hydrogen-bond donors (Lipinski definition) is 2. The number of H-pyrrole nitrogens is 1. The van der Waals surface area contributed by atoms with Gasteiger partial charge in [0.05, 0.1) is 17.3 Å². The summed E-state index contributed by atoms with van der Waals surface area (Å²) in [5, 5.41) is 0. The van der Waals surface area contributed by atoms with Gasteiger partial charge in [0.2, 0.25) is 10.0 Å². The van der Waals surface area contributed by atoms with Gasteiger partial charge in [-0.15, -0.1) is 0 Å². The molecule has 1 aromatic heterocycles. The fourth-order valence-corrected chi connectivity index (χ4v) is 2.59. The van der Waals surface area contributed by atoms with Gasteiger partial charge < -0.3 is 9.55 Å². The predicted molar refractivity (Wildman–Crippen MR) is 74.7 cm³/mol. The average molecular weight is 285 g/mol. The number of nitrogens with one attached hydrogen (secondary N) is 2. The molecule has 0 saturated carbocycles. The van der Waals surface area contributed by atoms with Crippen LogP contribution in [0.3, 0.4) is 0 Å². The van der Waals surface area contributed by atoms with Crippen LogP contribution in [0.1, 0.15) is 5.56 Å². The molecule has 0 amide bonds. The van der Waals surface area contributed by atoms with Crippen LogP contribution in [-0.2, 0) is 16.6 Å². The minimum Gasteiger partial charge on any atom is -0.331 e. The van der Waals surface area contributed by atoms with Gasteiger partial charge in [-0.05, 0) is 36.8 Å². The summed E-state index contributed by atoms with van der Waals surface area (Å²) in [6, 6.07) is 6.01. The Bertz CT molecular complexity index is 728.